The van der Waals surface area contributed by atoms with E-state index in [4.69, 9.17) is 23.5 Å². The molecule has 3 N–H and O–H groups in total. The molecule has 1 fully saturated rings. The predicted octanol–water partition coefficient (Wildman–Crippen LogP) is 2.62. The van der Waals surface area contributed by atoms with Gasteiger partial charge in [-0.05, 0) is 36.3 Å². The summed E-state index contributed by atoms with van der Waals surface area (Å²) in [6, 6.07) is 2.82. The molecule has 39 heavy (non-hydrogen) atoms. The monoisotopic (exact) mass is 600 g/mol. The maximum absolute atomic E-state index is 13.1. The molecule has 1 unspecified atom stereocenters. The van der Waals surface area contributed by atoms with Crippen molar-refractivity contribution >= 4 is 26.8 Å². The van der Waals surface area contributed by atoms with Crippen LogP contribution in [0.25, 0.3) is 0 Å². The average molecular weight is 601 g/mol. The number of nitrogens with one attached hydrogen (secondary N) is 1. The molecule has 0 aromatic carbocycles. The van der Waals surface area contributed by atoms with Crippen LogP contribution in [-0.4, -0.2) is 59.0 Å². The smallest absolute Gasteiger partial charge is 0.331 e. The van der Waals surface area contributed by atoms with E-state index in [1.54, 1.807) is 0 Å². The van der Waals surface area contributed by atoms with E-state index < -0.39 is 62.0 Å². The van der Waals surface area contributed by atoms with Gasteiger partial charge in [0.15, 0.2) is 28.5 Å². The van der Waals surface area contributed by atoms with E-state index in [0.717, 1.165) is 16.0 Å². The number of ether oxygens (including phenoxy) is 1. The van der Waals surface area contributed by atoms with Crippen LogP contribution in [0.4, 0.5) is 0 Å². The van der Waals surface area contributed by atoms with Gasteiger partial charge in [-0.3, -0.25) is 14.3 Å². The van der Waals surface area contributed by atoms with E-state index in [-0.39, 0.29) is 28.1 Å². The molecule has 218 valence electrons. The summed E-state index contributed by atoms with van der Waals surface area (Å²) in [5, 5.41) is 10.1. The van der Waals surface area contributed by atoms with Crippen molar-refractivity contribution in [3.63, 3.8) is 0 Å². The van der Waals surface area contributed by atoms with Crippen molar-refractivity contribution in [2.75, 3.05) is 6.61 Å². The van der Waals surface area contributed by atoms with Crippen LogP contribution in [0.1, 0.15) is 53.5 Å². The number of aromatic amines is 1. The van der Waals surface area contributed by atoms with Crippen LogP contribution in [0.2, 0.25) is 36.3 Å². The van der Waals surface area contributed by atoms with Gasteiger partial charge in [0.25, 0.3) is 15.7 Å². The number of nitrogens with zero attached hydrogens (tertiary/aromatic N) is 2. The third-order valence-corrected chi connectivity index (χ3v) is 18.4. The number of hydrogen-bond donors (Lipinski definition) is 2. The molecule has 1 aromatic heterocycles. The van der Waals surface area contributed by atoms with E-state index in [2.05, 4.69) is 25.8 Å². The van der Waals surface area contributed by atoms with E-state index in [0.29, 0.717) is 0 Å². The molecule has 2 aliphatic heterocycles. The molecule has 0 saturated carbocycles. The number of nitriles is 1. The van der Waals surface area contributed by atoms with Gasteiger partial charge in [-0.2, -0.15) is 13.7 Å². The fourth-order valence-electron chi connectivity index (χ4n) is 4.04. The maximum atomic E-state index is 13.1. The summed E-state index contributed by atoms with van der Waals surface area (Å²) in [7, 11) is -9.36. The average Bonchev–Trinajstić information content (AvgIpc) is 3.16. The van der Waals surface area contributed by atoms with Gasteiger partial charge in [-0.15, -0.1) is 0 Å². The summed E-state index contributed by atoms with van der Waals surface area (Å²) in [5.41, 5.74) is 2.40. The van der Waals surface area contributed by atoms with Crippen LogP contribution >= 0.6 is 0 Å². The fourth-order valence-corrected chi connectivity index (χ4v) is 7.55. The zero-order valence-corrected chi connectivity index (χ0v) is 27.1. The molecule has 2 aliphatic rings. The van der Waals surface area contributed by atoms with Gasteiger partial charge in [0.05, 0.1) is 17.7 Å². The van der Waals surface area contributed by atoms with Crippen LogP contribution in [0.15, 0.2) is 26.8 Å². The first-order valence-electron chi connectivity index (χ1n) is 12.7. The maximum Gasteiger partial charge on any atom is 0.331 e. The van der Waals surface area contributed by atoms with Crippen LogP contribution in [0.5, 0.6) is 0 Å². The normalized spacial score (nSPS) is 27.5. The zero-order valence-electron chi connectivity index (χ0n) is 24.2. The van der Waals surface area contributed by atoms with Crippen LogP contribution < -0.4 is 17.0 Å². The molecule has 0 radical (unpaired) electrons. The van der Waals surface area contributed by atoms with Crippen molar-refractivity contribution in [3.8, 4) is 6.07 Å². The van der Waals surface area contributed by atoms with E-state index in [1.807, 2.05) is 53.0 Å². The number of hydrogen-bond acceptors (Lipinski definition) is 10. The molecule has 1 spiro atoms. The van der Waals surface area contributed by atoms with Crippen molar-refractivity contribution in [2.45, 2.75) is 102 Å². The Morgan fingerprint density at radius 1 is 1.13 bits per heavy atom. The molecule has 0 bridgehead atoms. The van der Waals surface area contributed by atoms with Gasteiger partial charge in [-0.25, -0.2) is 8.98 Å². The van der Waals surface area contributed by atoms with Crippen LogP contribution in [0, 0.1) is 11.3 Å². The number of nitrogens with two attached hydrogens (primary N) is 1. The lowest BCUT2D eigenvalue weighted by Crippen LogP contribution is -2.59. The minimum absolute atomic E-state index is 0.117. The molecule has 1 saturated heterocycles. The second-order valence-corrected chi connectivity index (χ2v) is 24.1. The Labute approximate surface area is 231 Å². The lowest BCUT2D eigenvalue weighted by molar-refractivity contribution is -0.0565. The molecule has 0 amide bonds. The van der Waals surface area contributed by atoms with E-state index >= 15 is 0 Å². The summed E-state index contributed by atoms with van der Waals surface area (Å²) in [6.45, 7) is 20.0. The Morgan fingerprint density at radius 3 is 2.15 bits per heavy atom. The lowest BCUT2D eigenvalue weighted by Gasteiger charge is -2.43. The minimum atomic E-state index is -4.25. The quantitative estimate of drug-likeness (QED) is 0.365. The predicted molar refractivity (Wildman–Crippen MR) is 150 cm³/mol. The van der Waals surface area contributed by atoms with Crippen molar-refractivity contribution in [1.29, 1.82) is 5.26 Å². The number of aromatic nitrogens is 2. The van der Waals surface area contributed by atoms with Crippen molar-refractivity contribution in [3.05, 3.63) is 43.7 Å². The van der Waals surface area contributed by atoms with E-state index in [9.17, 15) is 23.3 Å². The zero-order chi connectivity index (χ0) is 30.0. The minimum Gasteiger partial charge on any atom is -0.414 e. The molecular weight excluding hydrogens is 561 g/mol. The molecule has 12 nitrogen and oxygen atoms in total. The number of H-pyrrole nitrogens is 1. The van der Waals surface area contributed by atoms with Crippen molar-refractivity contribution in [1.82, 2.24) is 9.55 Å². The molecule has 4 atom stereocenters. The molecule has 3 rings (SSSR count). The molecule has 1 aromatic rings. The Morgan fingerprint density at radius 2 is 1.69 bits per heavy atom. The second kappa shape index (κ2) is 9.79. The van der Waals surface area contributed by atoms with Gasteiger partial charge in [0.2, 0.25) is 0 Å². The largest absolute Gasteiger partial charge is 0.414 e. The first-order valence-corrected chi connectivity index (χ1v) is 19.9. The highest BCUT2D eigenvalue weighted by atomic mass is 32.2. The van der Waals surface area contributed by atoms with Crippen molar-refractivity contribution in [2.24, 2.45) is 5.73 Å². The highest BCUT2D eigenvalue weighted by molar-refractivity contribution is 7.90. The van der Waals surface area contributed by atoms with Gasteiger partial charge < -0.3 is 19.3 Å². The SMILES string of the molecule is CC(C)(C)[Si](C)(C)OC[C@H]1O[C@@H](n2c(C#N)cc(=O)[nH]c2=O)[C@H](O[Si](C)(C)C(C)(C)C)C12OS(=O)(=O)C=C2N. The van der Waals surface area contributed by atoms with Gasteiger partial charge in [-0.1, -0.05) is 41.5 Å². The molecule has 3 heterocycles. The summed E-state index contributed by atoms with van der Waals surface area (Å²) in [4.78, 5) is 27.2. The van der Waals surface area contributed by atoms with Gasteiger partial charge >= 0.3 is 5.69 Å². The fraction of sp³-hybridized carbons (Fsp3) is 0.708. The second-order valence-electron chi connectivity index (χ2n) is 13.1. The first-order chi connectivity index (χ1) is 17.5. The molecule has 15 heteroatoms. The first kappa shape index (κ1) is 31.5. The van der Waals surface area contributed by atoms with Gasteiger partial charge in [0.1, 0.15) is 24.0 Å². The summed E-state index contributed by atoms with van der Waals surface area (Å²) in [6.07, 6.45) is -3.78. The standard InChI is InChI=1S/C24H40N4O8SSi2/c1-22(2,3)38(7,8)33-13-17-24(16(26)14-37(31,32)36-24)19(35-39(9,10)23(4,5)6)20(34-17)28-15(12-25)11-18(29)27-21(28)30/h11,14,17,19-20H,13,26H2,1-10H3,(H,27,29,30)/t17-,19+,20-,24?/m1/s1. The summed E-state index contributed by atoms with van der Waals surface area (Å²) in [5.74, 6) is 0. The highest BCUT2D eigenvalue weighted by Crippen LogP contribution is 2.52. The summed E-state index contributed by atoms with van der Waals surface area (Å²) < 4.78 is 51.8. The van der Waals surface area contributed by atoms with Crippen LogP contribution in [0.3, 0.4) is 0 Å². The van der Waals surface area contributed by atoms with Crippen LogP contribution in [-0.2, 0) is 27.9 Å². The number of rotatable bonds is 6. The van der Waals surface area contributed by atoms with Gasteiger partial charge in [0, 0.05) is 6.07 Å². The third-order valence-electron chi connectivity index (χ3n) is 8.42. The van der Waals surface area contributed by atoms with E-state index in [1.165, 1.54) is 0 Å². The Kier molecular flexibility index (Phi) is 7.90. The highest BCUT2D eigenvalue weighted by Gasteiger charge is 2.67. The topological polar surface area (TPSA) is 176 Å². The lowest BCUT2D eigenvalue weighted by atomic mass is 9.89. The Balaban J connectivity index is 2.29. The third kappa shape index (κ3) is 5.60. The Hall–Kier alpha value is -2.07. The van der Waals surface area contributed by atoms with Crippen molar-refractivity contribution < 1.29 is 26.2 Å². The molecule has 0 aliphatic carbocycles. The Bertz CT molecular complexity index is 1430. The summed E-state index contributed by atoms with van der Waals surface area (Å²) >= 11 is 0. The molecular formula is C24H40N4O8SSi2.